The summed E-state index contributed by atoms with van der Waals surface area (Å²) < 4.78 is 44.4. The molecule has 0 radical (unpaired) electrons. The monoisotopic (exact) mass is 304 g/mol. The van der Waals surface area contributed by atoms with Crippen LogP contribution in [0.2, 0.25) is 0 Å². The van der Waals surface area contributed by atoms with Gasteiger partial charge in [-0.2, -0.15) is 18.3 Å². The minimum Gasteiger partial charge on any atom is -0.457 e. The molecule has 0 fully saturated rings. The molecule has 22 heavy (non-hydrogen) atoms. The van der Waals surface area contributed by atoms with Crippen LogP contribution in [0.4, 0.5) is 13.2 Å². The molecular formula is C16H11F3N2O. The summed E-state index contributed by atoms with van der Waals surface area (Å²) in [5, 5.41) is 3.52. The summed E-state index contributed by atoms with van der Waals surface area (Å²) in [5.41, 5.74) is -0.395. The van der Waals surface area contributed by atoms with Crippen molar-refractivity contribution < 1.29 is 17.9 Å². The number of alkyl halides is 3. The second-order valence-corrected chi connectivity index (χ2v) is 4.55. The zero-order valence-electron chi connectivity index (χ0n) is 11.3. The third-order valence-corrected chi connectivity index (χ3v) is 2.96. The van der Waals surface area contributed by atoms with Crippen LogP contribution in [-0.2, 0) is 6.18 Å². The largest absolute Gasteiger partial charge is 0.457 e. The Labute approximate surface area is 124 Å². The molecule has 1 heterocycles. The molecule has 2 aromatic carbocycles. The Morgan fingerprint density at radius 2 is 1.45 bits per heavy atom. The zero-order chi connectivity index (χ0) is 15.6. The van der Waals surface area contributed by atoms with Crippen molar-refractivity contribution in [2.75, 3.05) is 0 Å². The highest BCUT2D eigenvalue weighted by Gasteiger charge is 2.33. The molecule has 0 aliphatic heterocycles. The van der Waals surface area contributed by atoms with Crippen molar-refractivity contribution >= 4 is 0 Å². The van der Waals surface area contributed by atoms with Gasteiger partial charge in [0, 0.05) is 6.20 Å². The molecule has 112 valence electrons. The normalized spacial score (nSPS) is 11.4. The van der Waals surface area contributed by atoms with E-state index in [1.54, 1.807) is 24.3 Å². The number of aromatic nitrogens is 2. The van der Waals surface area contributed by atoms with Gasteiger partial charge in [-0.3, -0.25) is 0 Å². The highest BCUT2D eigenvalue weighted by molar-refractivity contribution is 5.39. The van der Waals surface area contributed by atoms with Crippen LogP contribution in [0.5, 0.6) is 11.5 Å². The van der Waals surface area contributed by atoms with Crippen molar-refractivity contribution in [2.45, 2.75) is 6.18 Å². The number of hydrogen-bond donors (Lipinski definition) is 0. The first-order valence-corrected chi connectivity index (χ1v) is 6.48. The van der Waals surface area contributed by atoms with E-state index >= 15 is 0 Å². The van der Waals surface area contributed by atoms with Gasteiger partial charge in [0.05, 0.1) is 5.69 Å². The van der Waals surface area contributed by atoms with E-state index in [1.165, 1.54) is 10.9 Å². The summed E-state index contributed by atoms with van der Waals surface area (Å²) in [6, 6.07) is 16.8. The highest BCUT2D eigenvalue weighted by Crippen LogP contribution is 2.28. The number of halogens is 3. The van der Waals surface area contributed by atoms with Gasteiger partial charge < -0.3 is 4.74 Å². The lowest BCUT2D eigenvalue weighted by Gasteiger charge is -2.07. The van der Waals surface area contributed by atoms with Crippen molar-refractivity contribution in [3.05, 3.63) is 72.6 Å². The Morgan fingerprint density at radius 3 is 2.05 bits per heavy atom. The topological polar surface area (TPSA) is 27.1 Å². The number of para-hydroxylation sites is 1. The minimum atomic E-state index is -4.44. The van der Waals surface area contributed by atoms with Gasteiger partial charge in [-0.15, -0.1) is 0 Å². The second kappa shape index (κ2) is 5.55. The first kappa shape index (κ1) is 14.2. The lowest BCUT2D eigenvalue weighted by molar-refractivity contribution is -0.141. The lowest BCUT2D eigenvalue weighted by Crippen LogP contribution is -2.07. The molecule has 3 rings (SSSR count). The maximum absolute atomic E-state index is 12.5. The van der Waals surface area contributed by atoms with Crippen LogP contribution >= 0.6 is 0 Å². The van der Waals surface area contributed by atoms with Gasteiger partial charge in [0.2, 0.25) is 0 Å². The Bertz CT molecular complexity index is 749. The fourth-order valence-corrected chi connectivity index (χ4v) is 1.91. The SMILES string of the molecule is FC(F)(F)c1ccn(-c2ccc(Oc3ccccc3)cc2)n1. The quantitative estimate of drug-likeness (QED) is 0.702. The molecule has 3 aromatic rings. The van der Waals surface area contributed by atoms with Crippen molar-refractivity contribution in [1.82, 2.24) is 9.78 Å². The summed E-state index contributed by atoms with van der Waals surface area (Å²) >= 11 is 0. The zero-order valence-corrected chi connectivity index (χ0v) is 11.3. The van der Waals surface area contributed by atoms with Gasteiger partial charge in [-0.25, -0.2) is 4.68 Å². The summed E-state index contributed by atoms with van der Waals surface area (Å²) in [6.07, 6.45) is -3.17. The first-order valence-electron chi connectivity index (χ1n) is 6.48. The number of benzene rings is 2. The maximum Gasteiger partial charge on any atom is 0.435 e. The molecule has 0 amide bonds. The molecule has 0 aliphatic carbocycles. The fourth-order valence-electron chi connectivity index (χ4n) is 1.91. The maximum atomic E-state index is 12.5. The van der Waals surface area contributed by atoms with Crippen molar-refractivity contribution in [3.63, 3.8) is 0 Å². The van der Waals surface area contributed by atoms with E-state index in [0.717, 1.165) is 6.07 Å². The Kier molecular flexibility index (Phi) is 3.58. The molecule has 1 aromatic heterocycles. The standard InChI is InChI=1S/C16H11F3N2O/c17-16(18,19)15-10-11-21(20-15)12-6-8-14(9-7-12)22-13-4-2-1-3-5-13/h1-11H. The van der Waals surface area contributed by atoms with E-state index < -0.39 is 11.9 Å². The molecule has 0 saturated heterocycles. The van der Waals surface area contributed by atoms with Gasteiger partial charge in [0.25, 0.3) is 0 Å². The highest BCUT2D eigenvalue weighted by atomic mass is 19.4. The van der Waals surface area contributed by atoms with E-state index in [2.05, 4.69) is 5.10 Å². The Morgan fingerprint density at radius 1 is 0.818 bits per heavy atom. The number of ether oxygens (including phenoxy) is 1. The predicted molar refractivity (Wildman–Crippen MR) is 75.1 cm³/mol. The number of nitrogens with zero attached hydrogens (tertiary/aromatic N) is 2. The van der Waals surface area contributed by atoms with Crippen molar-refractivity contribution in [1.29, 1.82) is 0 Å². The van der Waals surface area contributed by atoms with E-state index in [1.807, 2.05) is 30.3 Å². The molecule has 0 spiro atoms. The van der Waals surface area contributed by atoms with Crippen molar-refractivity contribution in [3.8, 4) is 17.2 Å². The molecule has 0 saturated carbocycles. The van der Waals surface area contributed by atoms with Crippen LogP contribution in [0.3, 0.4) is 0 Å². The van der Waals surface area contributed by atoms with E-state index in [4.69, 9.17) is 4.74 Å². The average Bonchev–Trinajstić information content (AvgIpc) is 2.99. The fraction of sp³-hybridized carbons (Fsp3) is 0.0625. The molecule has 6 heteroatoms. The van der Waals surface area contributed by atoms with Gasteiger partial charge >= 0.3 is 6.18 Å². The van der Waals surface area contributed by atoms with E-state index in [0.29, 0.717) is 17.2 Å². The third-order valence-electron chi connectivity index (χ3n) is 2.96. The predicted octanol–water partition coefficient (Wildman–Crippen LogP) is 4.68. The number of rotatable bonds is 3. The summed E-state index contributed by atoms with van der Waals surface area (Å²) in [7, 11) is 0. The van der Waals surface area contributed by atoms with Gasteiger partial charge in [-0.05, 0) is 42.5 Å². The molecule has 0 atom stereocenters. The smallest absolute Gasteiger partial charge is 0.435 e. The summed E-state index contributed by atoms with van der Waals surface area (Å²) in [4.78, 5) is 0. The van der Waals surface area contributed by atoms with Crippen LogP contribution in [0.1, 0.15) is 5.69 Å². The van der Waals surface area contributed by atoms with Gasteiger partial charge in [0.15, 0.2) is 5.69 Å². The van der Waals surface area contributed by atoms with Crippen molar-refractivity contribution in [2.24, 2.45) is 0 Å². The third kappa shape index (κ3) is 3.11. The Hall–Kier alpha value is -2.76. The number of hydrogen-bond acceptors (Lipinski definition) is 2. The molecule has 0 N–H and O–H groups in total. The molecule has 3 nitrogen and oxygen atoms in total. The van der Waals surface area contributed by atoms with E-state index in [9.17, 15) is 13.2 Å². The Balaban J connectivity index is 1.78. The lowest BCUT2D eigenvalue weighted by atomic mass is 10.3. The molecular weight excluding hydrogens is 293 g/mol. The van der Waals surface area contributed by atoms with Crippen LogP contribution in [0.25, 0.3) is 5.69 Å². The van der Waals surface area contributed by atoms with E-state index in [-0.39, 0.29) is 0 Å². The van der Waals surface area contributed by atoms with Crippen LogP contribution in [0, 0.1) is 0 Å². The second-order valence-electron chi connectivity index (χ2n) is 4.55. The van der Waals surface area contributed by atoms with Crippen LogP contribution < -0.4 is 4.74 Å². The molecule has 0 unspecified atom stereocenters. The van der Waals surface area contributed by atoms with Crippen LogP contribution in [0.15, 0.2) is 66.9 Å². The van der Waals surface area contributed by atoms with Gasteiger partial charge in [-0.1, -0.05) is 18.2 Å². The van der Waals surface area contributed by atoms with Gasteiger partial charge in [0.1, 0.15) is 11.5 Å². The molecule has 0 bridgehead atoms. The molecule has 0 aliphatic rings. The average molecular weight is 304 g/mol. The summed E-state index contributed by atoms with van der Waals surface area (Å²) in [5.74, 6) is 1.28. The minimum absolute atomic E-state index is 0.524. The first-order chi connectivity index (χ1) is 10.5. The van der Waals surface area contributed by atoms with Crippen LogP contribution in [-0.4, -0.2) is 9.78 Å². The summed E-state index contributed by atoms with van der Waals surface area (Å²) in [6.45, 7) is 0.